The van der Waals surface area contributed by atoms with Crippen molar-refractivity contribution < 1.29 is 0 Å². The topological polar surface area (TPSA) is 39.9 Å². The molecule has 3 nitrogen and oxygen atoms in total. The maximum atomic E-state index is 9.49. The van der Waals surface area contributed by atoms with Gasteiger partial charge < -0.3 is 4.90 Å². The van der Waals surface area contributed by atoms with E-state index in [0.717, 1.165) is 16.8 Å². The van der Waals surface area contributed by atoms with Gasteiger partial charge in [0.25, 0.3) is 0 Å². The third kappa shape index (κ3) is 2.69. The van der Waals surface area contributed by atoms with Crippen molar-refractivity contribution in [2.45, 2.75) is 19.3 Å². The number of fused-ring (bicyclic) bond motifs is 2. The number of rotatable bonds is 2. The maximum absolute atomic E-state index is 9.49. The first-order chi connectivity index (χ1) is 14.6. The molecule has 1 aromatic heterocycles. The SMILES string of the molecule is CC1(C)c2ccccc2N(c2cccc(-c3cccnc3C#N)c2)c2ccccc21. The van der Waals surface area contributed by atoms with Gasteiger partial charge in [-0.2, -0.15) is 5.26 Å². The van der Waals surface area contributed by atoms with Crippen LogP contribution in [0.3, 0.4) is 0 Å². The highest BCUT2D eigenvalue weighted by molar-refractivity contribution is 5.87. The Labute approximate surface area is 176 Å². The summed E-state index contributed by atoms with van der Waals surface area (Å²) < 4.78 is 0. The Morgan fingerprint density at radius 2 is 1.47 bits per heavy atom. The number of nitrogens with zero attached hydrogens (tertiary/aromatic N) is 3. The van der Waals surface area contributed by atoms with Crippen LogP contribution in [0.15, 0.2) is 91.1 Å². The largest absolute Gasteiger partial charge is 0.310 e. The number of hydrogen-bond acceptors (Lipinski definition) is 3. The number of anilines is 3. The van der Waals surface area contributed by atoms with Crippen LogP contribution in [-0.4, -0.2) is 4.98 Å². The number of pyridine rings is 1. The Bertz CT molecular complexity index is 1250. The molecule has 0 saturated carbocycles. The van der Waals surface area contributed by atoms with Crippen LogP contribution in [-0.2, 0) is 5.41 Å². The lowest BCUT2D eigenvalue weighted by Crippen LogP contribution is -2.30. The highest BCUT2D eigenvalue weighted by atomic mass is 15.2. The second kappa shape index (κ2) is 6.86. The average molecular weight is 387 g/mol. The fourth-order valence-corrected chi connectivity index (χ4v) is 4.49. The lowest BCUT2D eigenvalue weighted by atomic mass is 9.73. The fraction of sp³-hybridized carbons (Fsp3) is 0.111. The van der Waals surface area contributed by atoms with Gasteiger partial charge in [-0.3, -0.25) is 0 Å². The van der Waals surface area contributed by atoms with Gasteiger partial charge in [0.1, 0.15) is 11.8 Å². The summed E-state index contributed by atoms with van der Waals surface area (Å²) in [5.41, 5.74) is 8.22. The molecule has 0 bridgehead atoms. The Balaban J connectivity index is 1.74. The van der Waals surface area contributed by atoms with Gasteiger partial charge in [-0.05, 0) is 53.1 Å². The van der Waals surface area contributed by atoms with Crippen LogP contribution in [0.2, 0.25) is 0 Å². The molecule has 5 rings (SSSR count). The Morgan fingerprint density at radius 1 is 0.800 bits per heavy atom. The van der Waals surface area contributed by atoms with Gasteiger partial charge in [-0.25, -0.2) is 4.98 Å². The Kier molecular flexibility index (Phi) is 4.15. The van der Waals surface area contributed by atoms with E-state index < -0.39 is 0 Å². The fourth-order valence-electron chi connectivity index (χ4n) is 4.49. The maximum Gasteiger partial charge on any atom is 0.148 e. The van der Waals surface area contributed by atoms with Crippen LogP contribution in [0.4, 0.5) is 17.1 Å². The molecule has 0 aliphatic carbocycles. The molecular weight excluding hydrogens is 366 g/mol. The van der Waals surface area contributed by atoms with Crippen LogP contribution < -0.4 is 4.90 Å². The van der Waals surface area contributed by atoms with Gasteiger partial charge in [-0.15, -0.1) is 0 Å². The normalized spacial score (nSPS) is 13.8. The summed E-state index contributed by atoms with van der Waals surface area (Å²) in [7, 11) is 0. The van der Waals surface area contributed by atoms with Crippen molar-refractivity contribution in [3.63, 3.8) is 0 Å². The highest BCUT2D eigenvalue weighted by Gasteiger charge is 2.36. The summed E-state index contributed by atoms with van der Waals surface area (Å²) in [6.07, 6.45) is 1.66. The summed E-state index contributed by atoms with van der Waals surface area (Å²) in [5, 5.41) is 9.49. The van der Waals surface area contributed by atoms with Crippen molar-refractivity contribution >= 4 is 17.1 Å². The summed E-state index contributed by atoms with van der Waals surface area (Å²) >= 11 is 0. The van der Waals surface area contributed by atoms with Crippen molar-refractivity contribution in [3.8, 4) is 17.2 Å². The number of aromatic nitrogens is 1. The van der Waals surface area contributed by atoms with Gasteiger partial charge in [0.2, 0.25) is 0 Å². The van der Waals surface area contributed by atoms with E-state index in [1.807, 2.05) is 24.3 Å². The molecule has 2 heterocycles. The number of benzene rings is 3. The van der Waals surface area contributed by atoms with Crippen LogP contribution in [0.1, 0.15) is 30.7 Å². The Morgan fingerprint density at radius 3 is 2.13 bits per heavy atom. The molecule has 30 heavy (non-hydrogen) atoms. The zero-order valence-electron chi connectivity index (χ0n) is 17.0. The van der Waals surface area contributed by atoms with Crippen LogP contribution in [0.5, 0.6) is 0 Å². The Hall–Kier alpha value is -3.90. The smallest absolute Gasteiger partial charge is 0.148 e. The van der Waals surface area contributed by atoms with Crippen molar-refractivity contribution in [1.82, 2.24) is 4.98 Å². The first-order valence-corrected chi connectivity index (χ1v) is 10.1. The van der Waals surface area contributed by atoms with E-state index >= 15 is 0 Å². The third-order valence-corrected chi connectivity index (χ3v) is 5.97. The van der Waals surface area contributed by atoms with E-state index in [1.54, 1.807) is 6.20 Å². The third-order valence-electron chi connectivity index (χ3n) is 5.97. The van der Waals surface area contributed by atoms with E-state index in [4.69, 9.17) is 0 Å². The van der Waals surface area contributed by atoms with E-state index in [0.29, 0.717) is 5.69 Å². The van der Waals surface area contributed by atoms with Gasteiger partial charge in [0.15, 0.2) is 0 Å². The van der Waals surface area contributed by atoms with Gasteiger partial charge >= 0.3 is 0 Å². The summed E-state index contributed by atoms with van der Waals surface area (Å²) in [4.78, 5) is 6.55. The number of hydrogen-bond donors (Lipinski definition) is 0. The molecule has 0 unspecified atom stereocenters. The molecule has 1 aliphatic heterocycles. The minimum atomic E-state index is -0.0847. The second-order valence-electron chi connectivity index (χ2n) is 8.06. The van der Waals surface area contributed by atoms with E-state index in [1.165, 1.54) is 22.5 Å². The average Bonchev–Trinajstić information content (AvgIpc) is 2.79. The molecule has 0 atom stereocenters. The summed E-state index contributed by atoms with van der Waals surface area (Å²) in [5.74, 6) is 0. The molecule has 4 aromatic rings. The van der Waals surface area contributed by atoms with E-state index in [-0.39, 0.29) is 5.41 Å². The van der Waals surface area contributed by atoms with Gasteiger partial charge in [0.05, 0.1) is 11.4 Å². The first kappa shape index (κ1) is 18.1. The first-order valence-electron chi connectivity index (χ1n) is 10.1. The van der Waals surface area contributed by atoms with Crippen molar-refractivity contribution in [2.24, 2.45) is 0 Å². The molecule has 3 aromatic carbocycles. The molecule has 0 saturated heterocycles. The monoisotopic (exact) mass is 387 g/mol. The predicted molar refractivity (Wildman–Crippen MR) is 121 cm³/mol. The molecule has 0 radical (unpaired) electrons. The quantitative estimate of drug-likeness (QED) is 0.383. The van der Waals surface area contributed by atoms with Crippen molar-refractivity contribution in [1.29, 1.82) is 5.26 Å². The van der Waals surface area contributed by atoms with E-state index in [2.05, 4.69) is 90.5 Å². The van der Waals surface area contributed by atoms with Crippen LogP contribution >= 0.6 is 0 Å². The van der Waals surface area contributed by atoms with Crippen LogP contribution in [0, 0.1) is 11.3 Å². The van der Waals surface area contributed by atoms with Gasteiger partial charge in [0, 0.05) is 22.9 Å². The van der Waals surface area contributed by atoms with Crippen molar-refractivity contribution in [3.05, 3.63) is 108 Å². The zero-order valence-corrected chi connectivity index (χ0v) is 17.0. The zero-order chi connectivity index (χ0) is 20.7. The molecule has 0 amide bonds. The lowest BCUT2D eigenvalue weighted by molar-refractivity contribution is 0.632. The van der Waals surface area contributed by atoms with Crippen LogP contribution in [0.25, 0.3) is 11.1 Å². The summed E-state index contributed by atoms with van der Waals surface area (Å²) in [6, 6.07) is 31.6. The molecule has 144 valence electrons. The highest BCUT2D eigenvalue weighted by Crippen LogP contribution is 2.51. The molecule has 0 spiro atoms. The second-order valence-corrected chi connectivity index (χ2v) is 8.06. The lowest BCUT2D eigenvalue weighted by Gasteiger charge is -2.42. The minimum Gasteiger partial charge on any atom is -0.310 e. The van der Waals surface area contributed by atoms with Gasteiger partial charge in [-0.1, -0.05) is 62.4 Å². The predicted octanol–water partition coefficient (Wildman–Crippen LogP) is 6.73. The van der Waals surface area contributed by atoms with E-state index in [9.17, 15) is 5.26 Å². The molecule has 3 heteroatoms. The standard InChI is InChI=1S/C27H21N3/c1-27(2)22-12-3-5-14-25(22)30(26-15-6-4-13-23(26)27)20-10-7-9-19(17-20)21-11-8-16-29-24(21)18-28/h3-17H,1-2H3. The molecule has 1 aliphatic rings. The molecule has 0 N–H and O–H groups in total. The van der Waals surface area contributed by atoms with Crippen molar-refractivity contribution in [2.75, 3.05) is 4.90 Å². The molecular formula is C27H21N3. The molecule has 0 fully saturated rings. The minimum absolute atomic E-state index is 0.0847. The summed E-state index contributed by atoms with van der Waals surface area (Å²) in [6.45, 7) is 4.57. The number of para-hydroxylation sites is 2. The number of nitriles is 1.